The van der Waals surface area contributed by atoms with Crippen molar-refractivity contribution in [1.29, 1.82) is 0 Å². The number of nitrogens with zero attached hydrogens (tertiary/aromatic N) is 2. The Morgan fingerprint density at radius 1 is 1.09 bits per heavy atom. The van der Waals surface area contributed by atoms with Crippen molar-refractivity contribution < 1.29 is 4.74 Å². The van der Waals surface area contributed by atoms with Gasteiger partial charge in [-0.15, -0.1) is 11.3 Å². The summed E-state index contributed by atoms with van der Waals surface area (Å²) in [5, 5.41) is 1.37. The first-order valence-corrected chi connectivity index (χ1v) is 9.23. The van der Waals surface area contributed by atoms with E-state index in [1.165, 1.54) is 41.4 Å². The topological polar surface area (TPSA) is 15.7 Å². The number of likely N-dealkylation sites (tertiary alicyclic amines) is 1. The molecule has 1 aromatic carbocycles. The fraction of sp³-hybridized carbons (Fsp3) is 0.474. The summed E-state index contributed by atoms with van der Waals surface area (Å²) in [6, 6.07) is 12.9. The van der Waals surface area contributed by atoms with Crippen LogP contribution in [0.5, 0.6) is 5.75 Å². The van der Waals surface area contributed by atoms with Gasteiger partial charge in [0.1, 0.15) is 5.75 Å². The van der Waals surface area contributed by atoms with E-state index in [4.69, 9.17) is 4.74 Å². The number of aryl methyl sites for hydroxylation is 1. The van der Waals surface area contributed by atoms with Crippen LogP contribution in [0.4, 0.5) is 5.00 Å². The second-order valence-electron chi connectivity index (χ2n) is 6.20. The summed E-state index contributed by atoms with van der Waals surface area (Å²) in [6.07, 6.45) is 2.72. The summed E-state index contributed by atoms with van der Waals surface area (Å²) in [4.78, 5) is 6.47. The smallest absolute Gasteiger partial charge is 0.118 e. The molecule has 0 unspecified atom stereocenters. The number of methoxy groups -OCH3 is 1. The SMILES string of the molecule is COc1ccc(CN(CCN2CCCC2)c2ccc(C)s2)cc1. The first kappa shape index (κ1) is 16.3. The van der Waals surface area contributed by atoms with Crippen molar-refractivity contribution in [2.45, 2.75) is 26.3 Å². The third kappa shape index (κ3) is 4.49. The van der Waals surface area contributed by atoms with Crippen molar-refractivity contribution in [3.63, 3.8) is 0 Å². The van der Waals surface area contributed by atoms with Crippen LogP contribution >= 0.6 is 11.3 Å². The van der Waals surface area contributed by atoms with Gasteiger partial charge in [-0.2, -0.15) is 0 Å². The van der Waals surface area contributed by atoms with Gasteiger partial charge in [-0.25, -0.2) is 0 Å². The van der Waals surface area contributed by atoms with Crippen molar-refractivity contribution in [1.82, 2.24) is 4.90 Å². The van der Waals surface area contributed by atoms with E-state index in [1.807, 2.05) is 23.5 Å². The van der Waals surface area contributed by atoms with Crippen LogP contribution in [0.1, 0.15) is 23.3 Å². The molecule has 2 aromatic rings. The number of benzene rings is 1. The summed E-state index contributed by atoms with van der Waals surface area (Å²) in [5.74, 6) is 0.921. The number of thiophene rings is 1. The normalized spacial score (nSPS) is 15.0. The summed E-state index contributed by atoms with van der Waals surface area (Å²) >= 11 is 1.89. The van der Waals surface area contributed by atoms with Gasteiger partial charge in [-0.1, -0.05) is 12.1 Å². The van der Waals surface area contributed by atoms with Gasteiger partial charge in [-0.3, -0.25) is 0 Å². The Kier molecular flexibility index (Phi) is 5.57. The largest absolute Gasteiger partial charge is 0.497 e. The Labute approximate surface area is 143 Å². The molecule has 1 aromatic heterocycles. The molecule has 0 aliphatic carbocycles. The second-order valence-corrected chi connectivity index (χ2v) is 7.47. The van der Waals surface area contributed by atoms with Gasteiger partial charge < -0.3 is 14.5 Å². The van der Waals surface area contributed by atoms with Gasteiger partial charge in [0, 0.05) is 24.5 Å². The average molecular weight is 330 g/mol. The van der Waals surface area contributed by atoms with E-state index in [9.17, 15) is 0 Å². The monoisotopic (exact) mass is 330 g/mol. The number of ether oxygens (including phenoxy) is 1. The Morgan fingerprint density at radius 3 is 2.43 bits per heavy atom. The standard InChI is InChI=1S/C19H26N2OS/c1-16-5-10-19(23-16)21(14-13-20-11-3-4-12-20)15-17-6-8-18(22-2)9-7-17/h5-10H,3-4,11-15H2,1-2H3. The second kappa shape index (κ2) is 7.84. The predicted molar refractivity (Wildman–Crippen MR) is 98.8 cm³/mol. The molecule has 1 fully saturated rings. The van der Waals surface area contributed by atoms with Crippen LogP contribution in [-0.2, 0) is 6.54 Å². The lowest BCUT2D eigenvalue weighted by atomic mass is 10.2. The lowest BCUT2D eigenvalue weighted by Crippen LogP contribution is -2.33. The molecule has 124 valence electrons. The molecule has 0 spiro atoms. The first-order valence-electron chi connectivity index (χ1n) is 8.41. The van der Waals surface area contributed by atoms with Crippen LogP contribution in [0.2, 0.25) is 0 Å². The lowest BCUT2D eigenvalue weighted by Gasteiger charge is -2.26. The highest BCUT2D eigenvalue weighted by atomic mass is 32.1. The van der Waals surface area contributed by atoms with Crippen molar-refractivity contribution in [2.75, 3.05) is 38.2 Å². The van der Waals surface area contributed by atoms with Crippen molar-refractivity contribution >= 4 is 16.3 Å². The molecule has 0 radical (unpaired) electrons. The maximum absolute atomic E-state index is 5.26. The fourth-order valence-electron chi connectivity index (χ4n) is 3.08. The van der Waals surface area contributed by atoms with Gasteiger partial charge in [0.05, 0.1) is 12.1 Å². The van der Waals surface area contributed by atoms with Crippen LogP contribution in [-0.4, -0.2) is 38.2 Å². The van der Waals surface area contributed by atoms with Crippen molar-refractivity contribution in [3.8, 4) is 5.75 Å². The molecule has 0 bridgehead atoms. The van der Waals surface area contributed by atoms with E-state index in [2.05, 4.69) is 41.0 Å². The molecule has 2 heterocycles. The minimum atomic E-state index is 0.921. The minimum Gasteiger partial charge on any atom is -0.497 e. The highest BCUT2D eigenvalue weighted by Crippen LogP contribution is 2.27. The molecule has 0 amide bonds. The Morgan fingerprint density at radius 2 is 1.83 bits per heavy atom. The first-order chi connectivity index (χ1) is 11.2. The van der Waals surface area contributed by atoms with E-state index in [-0.39, 0.29) is 0 Å². The molecule has 1 saturated heterocycles. The quantitative estimate of drug-likeness (QED) is 0.758. The van der Waals surface area contributed by atoms with Crippen molar-refractivity contribution in [3.05, 3.63) is 46.8 Å². The molecule has 0 N–H and O–H groups in total. The summed E-state index contributed by atoms with van der Waals surface area (Å²) in [6.45, 7) is 7.91. The Hall–Kier alpha value is -1.52. The van der Waals surface area contributed by atoms with Gasteiger partial charge in [0.2, 0.25) is 0 Å². The van der Waals surface area contributed by atoms with Crippen LogP contribution in [0.3, 0.4) is 0 Å². The molecule has 23 heavy (non-hydrogen) atoms. The minimum absolute atomic E-state index is 0.921. The summed E-state index contributed by atoms with van der Waals surface area (Å²) < 4.78 is 5.26. The van der Waals surface area contributed by atoms with Gasteiger partial charge in [0.25, 0.3) is 0 Å². The molecule has 1 aliphatic heterocycles. The highest BCUT2D eigenvalue weighted by molar-refractivity contribution is 7.16. The van der Waals surface area contributed by atoms with E-state index in [0.29, 0.717) is 0 Å². The summed E-state index contributed by atoms with van der Waals surface area (Å²) in [5.41, 5.74) is 1.33. The third-order valence-corrected chi connectivity index (χ3v) is 5.52. The fourth-order valence-corrected chi connectivity index (χ4v) is 3.97. The number of hydrogen-bond acceptors (Lipinski definition) is 4. The molecule has 0 atom stereocenters. The van der Waals surface area contributed by atoms with Crippen LogP contribution in [0.15, 0.2) is 36.4 Å². The van der Waals surface area contributed by atoms with E-state index in [0.717, 1.165) is 25.4 Å². The molecule has 4 heteroatoms. The maximum atomic E-state index is 5.26. The van der Waals surface area contributed by atoms with Gasteiger partial charge >= 0.3 is 0 Å². The molecule has 3 rings (SSSR count). The summed E-state index contributed by atoms with van der Waals surface area (Å²) in [7, 11) is 1.71. The zero-order valence-electron chi connectivity index (χ0n) is 14.1. The average Bonchev–Trinajstić information content (AvgIpc) is 3.23. The molecule has 3 nitrogen and oxygen atoms in total. The lowest BCUT2D eigenvalue weighted by molar-refractivity contribution is 0.344. The van der Waals surface area contributed by atoms with Gasteiger partial charge in [0.15, 0.2) is 0 Å². The molecule has 0 saturated carbocycles. The number of anilines is 1. The van der Waals surface area contributed by atoms with Crippen LogP contribution < -0.4 is 9.64 Å². The van der Waals surface area contributed by atoms with E-state index in [1.54, 1.807) is 7.11 Å². The van der Waals surface area contributed by atoms with Gasteiger partial charge in [-0.05, 0) is 62.7 Å². The molecular formula is C19H26N2OS. The number of rotatable bonds is 7. The molecule has 1 aliphatic rings. The molecular weight excluding hydrogens is 304 g/mol. The van der Waals surface area contributed by atoms with Crippen LogP contribution in [0, 0.1) is 6.92 Å². The Bertz CT molecular complexity index is 602. The highest BCUT2D eigenvalue weighted by Gasteiger charge is 2.15. The van der Waals surface area contributed by atoms with E-state index >= 15 is 0 Å². The predicted octanol–water partition coefficient (Wildman–Crippen LogP) is 4.17. The number of hydrogen-bond donors (Lipinski definition) is 0. The Balaban J connectivity index is 1.68. The van der Waals surface area contributed by atoms with E-state index < -0.39 is 0 Å². The van der Waals surface area contributed by atoms with Crippen molar-refractivity contribution in [2.24, 2.45) is 0 Å². The zero-order chi connectivity index (χ0) is 16.1. The zero-order valence-corrected chi connectivity index (χ0v) is 14.9. The third-order valence-electron chi connectivity index (χ3n) is 4.46. The maximum Gasteiger partial charge on any atom is 0.118 e. The van der Waals surface area contributed by atoms with Crippen LogP contribution in [0.25, 0.3) is 0 Å².